The Morgan fingerprint density at radius 3 is 1.85 bits per heavy atom. The molecule has 6 nitrogen and oxygen atoms in total. The molecule has 2 aromatic carbocycles. The maximum atomic E-state index is 10.6. The van der Waals surface area contributed by atoms with E-state index in [0.29, 0.717) is 0 Å². The Balaban J connectivity index is 0.000000153. The average molecular weight is 363 g/mol. The van der Waals surface area contributed by atoms with Gasteiger partial charge in [0, 0.05) is 0 Å². The van der Waals surface area contributed by atoms with E-state index in [1.807, 2.05) is 24.3 Å². The predicted molar refractivity (Wildman–Crippen MR) is 102 cm³/mol. The average Bonchev–Trinajstić information content (AvgIpc) is 3.38. The van der Waals surface area contributed by atoms with E-state index in [2.05, 4.69) is 29.4 Å². The van der Waals surface area contributed by atoms with Crippen LogP contribution in [0.5, 0.6) is 0 Å². The highest BCUT2D eigenvalue weighted by molar-refractivity contribution is 5.34. The van der Waals surface area contributed by atoms with Gasteiger partial charge in [0.05, 0.1) is 17.1 Å². The zero-order valence-electron chi connectivity index (χ0n) is 14.9. The minimum Gasteiger partial charge on any atom is -0.392 e. The van der Waals surface area contributed by atoms with Crippen LogP contribution in [0, 0.1) is 10.1 Å². The molecule has 27 heavy (non-hydrogen) atoms. The van der Waals surface area contributed by atoms with E-state index < -0.39 is 4.92 Å². The minimum absolute atomic E-state index is 0.0564. The number of aliphatic hydroxyl groups excluding tert-OH is 1. The molecule has 3 aromatic rings. The third-order valence-electron chi connectivity index (χ3n) is 5.23. The fraction of sp³-hybridized carbons (Fsp3) is 0.286. The van der Waals surface area contributed by atoms with Gasteiger partial charge < -0.3 is 5.11 Å². The number of aromatic nitrogens is 2. The lowest BCUT2D eigenvalue weighted by Crippen LogP contribution is -2.09. The summed E-state index contributed by atoms with van der Waals surface area (Å²) in [5.41, 5.74) is 5.32. The van der Waals surface area contributed by atoms with Gasteiger partial charge in [-0.25, -0.2) is 0 Å². The molecule has 0 saturated carbocycles. The number of benzene rings is 2. The number of hydrogen-bond donors (Lipinski definition) is 1. The molecule has 0 saturated heterocycles. The van der Waals surface area contributed by atoms with Gasteiger partial charge >= 0.3 is 5.69 Å². The second kappa shape index (κ2) is 7.32. The van der Waals surface area contributed by atoms with Crippen LogP contribution in [0.25, 0.3) is 0 Å². The van der Waals surface area contributed by atoms with Crippen LogP contribution in [0.15, 0.2) is 60.9 Å². The number of rotatable bonds is 2. The lowest BCUT2D eigenvalue weighted by atomic mass is 10.1. The van der Waals surface area contributed by atoms with Gasteiger partial charge in [-0.05, 0) is 47.9 Å². The van der Waals surface area contributed by atoms with Crippen LogP contribution in [0.2, 0.25) is 0 Å². The largest absolute Gasteiger partial charge is 0.392 e. The predicted octanol–water partition coefficient (Wildman–Crippen LogP) is 3.28. The van der Waals surface area contributed by atoms with Crippen molar-refractivity contribution in [3.05, 3.63) is 93.3 Å². The highest BCUT2D eigenvalue weighted by Gasteiger charge is 2.24. The fourth-order valence-corrected chi connectivity index (χ4v) is 3.88. The number of hydrogen-bond acceptors (Lipinski definition) is 4. The van der Waals surface area contributed by atoms with Crippen molar-refractivity contribution in [1.29, 1.82) is 0 Å². The third kappa shape index (κ3) is 3.75. The molecule has 0 amide bonds. The van der Waals surface area contributed by atoms with E-state index in [1.54, 1.807) is 4.68 Å². The normalized spacial score (nSPS) is 15.7. The van der Waals surface area contributed by atoms with Crippen molar-refractivity contribution in [2.24, 2.45) is 0 Å². The van der Waals surface area contributed by atoms with Crippen molar-refractivity contribution in [2.45, 2.75) is 37.8 Å². The lowest BCUT2D eigenvalue weighted by molar-refractivity contribution is -0.385. The van der Waals surface area contributed by atoms with Crippen molar-refractivity contribution >= 4 is 5.69 Å². The van der Waals surface area contributed by atoms with E-state index in [0.717, 1.165) is 25.7 Å². The molecular weight excluding hydrogens is 342 g/mol. The molecule has 5 rings (SSSR count). The molecule has 0 bridgehead atoms. The molecule has 0 atom stereocenters. The number of fused-ring (bicyclic) bond motifs is 2. The van der Waals surface area contributed by atoms with Gasteiger partial charge in [-0.2, -0.15) is 5.10 Å². The monoisotopic (exact) mass is 363 g/mol. The Morgan fingerprint density at radius 2 is 1.41 bits per heavy atom. The van der Waals surface area contributed by atoms with Gasteiger partial charge in [-0.15, -0.1) is 0 Å². The molecule has 6 heteroatoms. The first-order valence-corrected chi connectivity index (χ1v) is 9.10. The van der Waals surface area contributed by atoms with Crippen molar-refractivity contribution < 1.29 is 10.0 Å². The van der Waals surface area contributed by atoms with Crippen LogP contribution in [-0.2, 0) is 25.7 Å². The maximum Gasteiger partial charge on any atom is 0.307 e. The van der Waals surface area contributed by atoms with Gasteiger partial charge in [0.25, 0.3) is 0 Å². The fourth-order valence-electron chi connectivity index (χ4n) is 3.88. The SMILES string of the molecule is O=[N+]([O-])c1cnn(C2Cc3ccccc3C2)c1.OC1Cc2ccccc2C1. The highest BCUT2D eigenvalue weighted by Crippen LogP contribution is 2.30. The number of nitrogens with zero attached hydrogens (tertiary/aromatic N) is 3. The van der Waals surface area contributed by atoms with Crippen LogP contribution in [-0.4, -0.2) is 25.9 Å². The summed E-state index contributed by atoms with van der Waals surface area (Å²) < 4.78 is 1.71. The zero-order valence-corrected chi connectivity index (χ0v) is 14.9. The Kier molecular flexibility index (Phi) is 4.73. The molecule has 0 fully saturated rings. The first-order valence-electron chi connectivity index (χ1n) is 9.10. The topological polar surface area (TPSA) is 81.2 Å². The Bertz CT molecular complexity index is 917. The van der Waals surface area contributed by atoms with E-state index in [1.165, 1.54) is 34.6 Å². The molecule has 2 aliphatic carbocycles. The van der Waals surface area contributed by atoms with Crippen LogP contribution in [0.1, 0.15) is 28.3 Å². The summed E-state index contributed by atoms with van der Waals surface area (Å²) in [4.78, 5) is 10.2. The summed E-state index contributed by atoms with van der Waals surface area (Å²) in [6.45, 7) is 0. The minimum atomic E-state index is -0.411. The van der Waals surface area contributed by atoms with Gasteiger partial charge in [0.15, 0.2) is 0 Å². The lowest BCUT2D eigenvalue weighted by Gasteiger charge is -2.07. The summed E-state index contributed by atoms with van der Waals surface area (Å²) in [5.74, 6) is 0. The first kappa shape index (κ1) is 17.4. The molecular formula is C21H21N3O3. The van der Waals surface area contributed by atoms with Crippen LogP contribution in [0.3, 0.4) is 0 Å². The summed E-state index contributed by atoms with van der Waals surface area (Å²) in [6.07, 6.45) is 6.17. The second-order valence-corrected chi connectivity index (χ2v) is 7.10. The van der Waals surface area contributed by atoms with Crippen molar-refractivity contribution in [3.8, 4) is 0 Å². The van der Waals surface area contributed by atoms with E-state index in [-0.39, 0.29) is 17.8 Å². The molecule has 1 heterocycles. The zero-order chi connectivity index (χ0) is 18.8. The molecule has 0 unspecified atom stereocenters. The summed E-state index contributed by atoms with van der Waals surface area (Å²) in [7, 11) is 0. The Morgan fingerprint density at radius 1 is 0.926 bits per heavy atom. The third-order valence-corrected chi connectivity index (χ3v) is 5.23. The molecule has 0 spiro atoms. The Labute approximate surface area is 157 Å². The number of nitro groups is 1. The van der Waals surface area contributed by atoms with Crippen molar-refractivity contribution in [1.82, 2.24) is 9.78 Å². The van der Waals surface area contributed by atoms with Gasteiger partial charge in [-0.3, -0.25) is 14.8 Å². The van der Waals surface area contributed by atoms with Gasteiger partial charge in [0.1, 0.15) is 12.4 Å². The summed E-state index contributed by atoms with van der Waals surface area (Å²) >= 11 is 0. The van der Waals surface area contributed by atoms with Gasteiger partial charge in [-0.1, -0.05) is 48.5 Å². The van der Waals surface area contributed by atoms with Crippen LogP contribution >= 0.6 is 0 Å². The van der Waals surface area contributed by atoms with E-state index in [9.17, 15) is 15.2 Å². The van der Waals surface area contributed by atoms with Crippen LogP contribution in [0.4, 0.5) is 5.69 Å². The first-order chi connectivity index (χ1) is 13.1. The summed E-state index contributed by atoms with van der Waals surface area (Å²) in [6, 6.07) is 16.7. The van der Waals surface area contributed by atoms with E-state index >= 15 is 0 Å². The summed E-state index contributed by atoms with van der Waals surface area (Å²) in [5, 5.41) is 23.9. The van der Waals surface area contributed by atoms with Crippen molar-refractivity contribution in [3.63, 3.8) is 0 Å². The quantitative estimate of drug-likeness (QED) is 0.560. The Hall–Kier alpha value is -2.99. The molecule has 0 aliphatic heterocycles. The maximum absolute atomic E-state index is 10.6. The van der Waals surface area contributed by atoms with Gasteiger partial charge in [0.2, 0.25) is 0 Å². The molecule has 1 aromatic heterocycles. The molecule has 0 radical (unpaired) electrons. The van der Waals surface area contributed by atoms with E-state index in [4.69, 9.17) is 0 Å². The number of aliphatic hydroxyl groups is 1. The van der Waals surface area contributed by atoms with Crippen LogP contribution < -0.4 is 0 Å². The smallest absolute Gasteiger partial charge is 0.307 e. The molecule has 138 valence electrons. The highest BCUT2D eigenvalue weighted by atomic mass is 16.6. The van der Waals surface area contributed by atoms with Crippen molar-refractivity contribution in [2.75, 3.05) is 0 Å². The standard InChI is InChI=1S/C12H11N3O2.C9H10O/c16-15(17)12-7-13-14(8-12)11-5-9-3-1-2-4-10(9)6-11;10-9-5-7-3-1-2-4-8(7)6-9/h1-4,7-8,11H,5-6H2;1-4,9-10H,5-6H2. The second-order valence-electron chi connectivity index (χ2n) is 7.10. The molecule has 1 N–H and O–H groups in total. The molecule has 2 aliphatic rings.